The van der Waals surface area contributed by atoms with Crippen LogP contribution in [0.15, 0.2) is 0 Å². The summed E-state index contributed by atoms with van der Waals surface area (Å²) in [6.07, 6.45) is 9.57. The number of esters is 2. The summed E-state index contributed by atoms with van der Waals surface area (Å²) in [5, 5.41) is 0. The normalized spacial score (nSPS) is 10.5. The minimum atomic E-state index is -1.13. The Balaban J connectivity index is 4.03. The Morgan fingerprint density at radius 3 is 2.43 bits per heavy atom. The summed E-state index contributed by atoms with van der Waals surface area (Å²) in [4.78, 5) is 21.7. The summed E-state index contributed by atoms with van der Waals surface area (Å²) in [7, 11) is 0. The minimum Gasteiger partial charge on any atom is -0.444 e. The Kier molecular flexibility index (Phi) is 5.65. The summed E-state index contributed by atoms with van der Waals surface area (Å²) in [6.45, 7) is 1.46. The van der Waals surface area contributed by atoms with E-state index in [0.717, 1.165) is 0 Å². The van der Waals surface area contributed by atoms with Gasteiger partial charge >= 0.3 is 11.9 Å². The van der Waals surface area contributed by atoms with E-state index in [1.165, 1.54) is 0 Å². The number of rotatable bonds is 3. The molecule has 0 saturated carbocycles. The van der Waals surface area contributed by atoms with Gasteiger partial charge in [0.25, 0.3) is 0 Å². The van der Waals surface area contributed by atoms with Crippen molar-refractivity contribution in [2.24, 2.45) is 0 Å². The number of hydrogen-bond acceptors (Lipinski definition) is 4. The highest BCUT2D eigenvalue weighted by Crippen LogP contribution is 1.97. The quantitative estimate of drug-likeness (QED) is 0.363. The van der Waals surface area contributed by atoms with Crippen molar-refractivity contribution < 1.29 is 19.1 Å². The molecule has 0 aromatic rings. The molecule has 74 valence electrons. The molecule has 0 aliphatic carbocycles. The van der Waals surface area contributed by atoms with Crippen LogP contribution in [0, 0.1) is 24.7 Å². The van der Waals surface area contributed by atoms with Crippen molar-refractivity contribution in [1.82, 2.24) is 0 Å². The molecule has 0 N–H and O–H groups in total. The summed E-state index contributed by atoms with van der Waals surface area (Å²) in [5.74, 6) is 2.00. The molecule has 0 heterocycles. The zero-order chi connectivity index (χ0) is 11.0. The number of ether oxygens (including phenoxy) is 2. The van der Waals surface area contributed by atoms with E-state index in [4.69, 9.17) is 12.8 Å². The third-order valence-corrected chi connectivity index (χ3v) is 1.26. The highest BCUT2D eigenvalue weighted by molar-refractivity contribution is 6.29. The topological polar surface area (TPSA) is 52.6 Å². The maximum absolute atomic E-state index is 10.9. The maximum Gasteiger partial charge on any atom is 0.418 e. The van der Waals surface area contributed by atoms with E-state index in [-0.39, 0.29) is 6.61 Å². The van der Waals surface area contributed by atoms with Crippen molar-refractivity contribution in [3.8, 4) is 24.7 Å². The molecule has 0 rings (SSSR count). The molecule has 1 unspecified atom stereocenters. The molecular weight excluding hydrogens is 184 g/mol. The van der Waals surface area contributed by atoms with Crippen molar-refractivity contribution in [2.75, 3.05) is 6.61 Å². The van der Waals surface area contributed by atoms with E-state index < -0.39 is 18.0 Å². The predicted octanol–water partition coefficient (Wildman–Crippen LogP) is 0.118. The lowest BCUT2D eigenvalue weighted by Crippen LogP contribution is -2.25. The lowest BCUT2D eigenvalue weighted by atomic mass is 10.3. The summed E-state index contributed by atoms with van der Waals surface area (Å²) >= 11 is 0. The lowest BCUT2D eigenvalue weighted by molar-refractivity contribution is -0.168. The Labute approximate surface area is 82.6 Å². The first-order valence-electron chi connectivity index (χ1n) is 3.93. The third-order valence-electron chi connectivity index (χ3n) is 1.26. The van der Waals surface area contributed by atoms with Crippen LogP contribution < -0.4 is 0 Å². The van der Waals surface area contributed by atoms with Crippen molar-refractivity contribution in [1.29, 1.82) is 0 Å². The van der Waals surface area contributed by atoms with Crippen LogP contribution in [-0.2, 0) is 19.1 Å². The molecule has 14 heavy (non-hydrogen) atoms. The van der Waals surface area contributed by atoms with Crippen molar-refractivity contribution in [2.45, 2.75) is 19.4 Å². The number of carbonyl (C=O) groups is 2. The van der Waals surface area contributed by atoms with E-state index in [1.54, 1.807) is 6.92 Å². The van der Waals surface area contributed by atoms with Gasteiger partial charge < -0.3 is 9.47 Å². The van der Waals surface area contributed by atoms with Gasteiger partial charge in [0.2, 0.25) is 0 Å². The van der Waals surface area contributed by atoms with Gasteiger partial charge in [-0.15, -0.1) is 12.8 Å². The van der Waals surface area contributed by atoms with Gasteiger partial charge in [0.15, 0.2) is 12.7 Å². The van der Waals surface area contributed by atoms with E-state index >= 15 is 0 Å². The third kappa shape index (κ3) is 4.18. The number of terminal acetylenes is 2. The fourth-order valence-electron chi connectivity index (χ4n) is 0.579. The van der Waals surface area contributed by atoms with Gasteiger partial charge in [-0.25, -0.2) is 9.59 Å². The summed E-state index contributed by atoms with van der Waals surface area (Å²) < 4.78 is 8.91. The van der Waals surface area contributed by atoms with Gasteiger partial charge in [0.05, 0.1) is 0 Å². The van der Waals surface area contributed by atoms with Gasteiger partial charge in [0.1, 0.15) is 0 Å². The SMILES string of the molecule is C#CCOC(=O)C(=O)OC(C#C)CC. The van der Waals surface area contributed by atoms with E-state index in [2.05, 4.69) is 15.4 Å². The van der Waals surface area contributed by atoms with Gasteiger partial charge in [0, 0.05) is 0 Å². The van der Waals surface area contributed by atoms with Crippen LogP contribution in [0.2, 0.25) is 0 Å². The summed E-state index contributed by atoms with van der Waals surface area (Å²) in [5.41, 5.74) is 0. The van der Waals surface area contributed by atoms with Crippen molar-refractivity contribution in [3.63, 3.8) is 0 Å². The molecule has 0 bridgehead atoms. The number of hydrogen-bond donors (Lipinski definition) is 0. The molecular formula is C10H10O4. The second-order valence-electron chi connectivity index (χ2n) is 2.25. The smallest absolute Gasteiger partial charge is 0.418 e. The fourth-order valence-corrected chi connectivity index (χ4v) is 0.579. The van der Waals surface area contributed by atoms with Gasteiger partial charge in [-0.1, -0.05) is 18.8 Å². The molecule has 0 aromatic heterocycles. The van der Waals surface area contributed by atoms with Gasteiger partial charge in [-0.3, -0.25) is 0 Å². The molecule has 0 fully saturated rings. The van der Waals surface area contributed by atoms with Gasteiger partial charge in [-0.2, -0.15) is 0 Å². The van der Waals surface area contributed by atoms with E-state index in [0.29, 0.717) is 6.42 Å². The standard InChI is InChI=1S/C10H10O4/c1-4-7-13-9(11)10(12)14-8(5-2)6-3/h1-2,8H,6-7H2,3H3. The maximum atomic E-state index is 10.9. The van der Waals surface area contributed by atoms with Crippen LogP contribution in [0.4, 0.5) is 0 Å². The highest BCUT2D eigenvalue weighted by atomic mass is 16.6. The van der Waals surface area contributed by atoms with Crippen molar-refractivity contribution >= 4 is 11.9 Å². The Hall–Kier alpha value is -1.94. The molecule has 1 atom stereocenters. The minimum absolute atomic E-state index is 0.263. The van der Waals surface area contributed by atoms with Crippen LogP contribution in [-0.4, -0.2) is 24.6 Å². The Bertz CT molecular complexity index is 292. The Morgan fingerprint density at radius 1 is 1.36 bits per heavy atom. The average molecular weight is 194 g/mol. The second kappa shape index (κ2) is 6.56. The largest absolute Gasteiger partial charge is 0.444 e. The fraction of sp³-hybridized carbons (Fsp3) is 0.400. The molecule has 0 aliphatic rings. The second-order valence-corrected chi connectivity index (χ2v) is 2.25. The lowest BCUT2D eigenvalue weighted by Gasteiger charge is -2.08. The van der Waals surface area contributed by atoms with Crippen LogP contribution >= 0.6 is 0 Å². The first-order valence-corrected chi connectivity index (χ1v) is 3.93. The van der Waals surface area contributed by atoms with E-state index in [9.17, 15) is 9.59 Å². The summed E-state index contributed by atoms with van der Waals surface area (Å²) in [6, 6.07) is 0. The van der Waals surface area contributed by atoms with Gasteiger partial charge in [-0.05, 0) is 6.42 Å². The monoisotopic (exact) mass is 194 g/mol. The van der Waals surface area contributed by atoms with Crippen LogP contribution in [0.5, 0.6) is 0 Å². The highest BCUT2D eigenvalue weighted by Gasteiger charge is 2.19. The molecule has 0 amide bonds. The molecule has 0 aliphatic heterocycles. The number of carbonyl (C=O) groups excluding carboxylic acids is 2. The van der Waals surface area contributed by atoms with Crippen molar-refractivity contribution in [3.05, 3.63) is 0 Å². The van der Waals surface area contributed by atoms with Crippen LogP contribution in [0.25, 0.3) is 0 Å². The molecule has 0 saturated heterocycles. The van der Waals surface area contributed by atoms with Crippen LogP contribution in [0.1, 0.15) is 13.3 Å². The molecule has 0 aromatic carbocycles. The van der Waals surface area contributed by atoms with E-state index in [1.807, 2.05) is 5.92 Å². The molecule has 0 spiro atoms. The molecule has 0 radical (unpaired) electrons. The Morgan fingerprint density at radius 2 is 2.00 bits per heavy atom. The molecule has 4 nitrogen and oxygen atoms in total. The van der Waals surface area contributed by atoms with Crippen LogP contribution in [0.3, 0.4) is 0 Å². The average Bonchev–Trinajstić information content (AvgIpc) is 2.21. The molecule has 4 heteroatoms. The zero-order valence-electron chi connectivity index (χ0n) is 7.78. The first kappa shape index (κ1) is 12.1. The predicted molar refractivity (Wildman–Crippen MR) is 48.8 cm³/mol. The first-order chi connectivity index (χ1) is 6.65. The zero-order valence-corrected chi connectivity index (χ0v) is 7.78.